The lowest BCUT2D eigenvalue weighted by atomic mass is 9.94. The minimum atomic E-state index is -0.527. The smallest absolute Gasteiger partial charge is 0.253 e. The number of benzene rings is 2. The van der Waals surface area contributed by atoms with Crippen molar-refractivity contribution in [2.75, 3.05) is 33.3 Å². The Morgan fingerprint density at radius 2 is 1.50 bits per heavy atom. The Morgan fingerprint density at radius 1 is 0.853 bits per heavy atom. The molecule has 2 saturated heterocycles. The molecular weight excluding hydrogens is 430 g/mol. The molecule has 2 heterocycles. The number of rotatable bonds is 5. The summed E-state index contributed by atoms with van der Waals surface area (Å²) in [5.41, 5.74) is 1.14. The zero-order valence-electron chi connectivity index (χ0n) is 19.6. The highest BCUT2D eigenvalue weighted by molar-refractivity contribution is 5.95. The molecule has 7 nitrogen and oxygen atoms in total. The van der Waals surface area contributed by atoms with Gasteiger partial charge < -0.3 is 9.64 Å². The lowest BCUT2D eigenvalue weighted by molar-refractivity contribution is -0.163. The fourth-order valence-electron chi connectivity index (χ4n) is 5.26. The summed E-state index contributed by atoms with van der Waals surface area (Å²) in [5.74, 6) is 0.662. The third-order valence-corrected chi connectivity index (χ3v) is 7.47. The number of hydrogen-bond donors (Lipinski definition) is 0. The Labute approximate surface area is 200 Å². The normalized spacial score (nSPS) is 19.7. The van der Waals surface area contributed by atoms with Gasteiger partial charge in [-0.05, 0) is 61.9 Å². The van der Waals surface area contributed by atoms with E-state index in [1.165, 1.54) is 0 Å². The van der Waals surface area contributed by atoms with Crippen molar-refractivity contribution < 1.29 is 19.1 Å². The number of carbonyl (C=O) groups excluding carboxylic acids is 3. The van der Waals surface area contributed by atoms with E-state index in [0.717, 1.165) is 30.6 Å². The Morgan fingerprint density at radius 3 is 2.12 bits per heavy atom. The topological polar surface area (TPSA) is 70.2 Å². The molecule has 1 saturated carbocycles. The summed E-state index contributed by atoms with van der Waals surface area (Å²) in [6, 6.07) is 17.0. The molecule has 2 aromatic rings. The van der Waals surface area contributed by atoms with Crippen molar-refractivity contribution in [3.63, 3.8) is 0 Å². The van der Waals surface area contributed by atoms with Crippen LogP contribution in [0.15, 0.2) is 54.6 Å². The van der Waals surface area contributed by atoms with Crippen molar-refractivity contribution in [3.8, 4) is 5.75 Å². The molecule has 34 heavy (non-hydrogen) atoms. The molecule has 5 rings (SSSR count). The SMILES string of the molecule is COc1ccc(C2(C(=O)N3CCCN3C(=O)C3CCN(C(=O)c4ccccc4)CC3)CC2)cc1. The van der Waals surface area contributed by atoms with E-state index in [2.05, 4.69) is 0 Å². The molecule has 178 valence electrons. The number of likely N-dealkylation sites (tertiary alicyclic amines) is 1. The maximum absolute atomic E-state index is 13.6. The molecule has 0 aromatic heterocycles. The lowest BCUT2D eigenvalue weighted by Gasteiger charge is -2.36. The van der Waals surface area contributed by atoms with Crippen LogP contribution in [0.25, 0.3) is 0 Å². The lowest BCUT2D eigenvalue weighted by Crippen LogP contribution is -2.52. The van der Waals surface area contributed by atoms with E-state index in [0.29, 0.717) is 44.6 Å². The van der Waals surface area contributed by atoms with E-state index >= 15 is 0 Å². The van der Waals surface area contributed by atoms with Crippen LogP contribution >= 0.6 is 0 Å². The van der Waals surface area contributed by atoms with Gasteiger partial charge in [-0.3, -0.25) is 24.4 Å². The molecule has 1 aliphatic carbocycles. The van der Waals surface area contributed by atoms with Gasteiger partial charge in [-0.2, -0.15) is 0 Å². The molecule has 2 aliphatic heterocycles. The number of piperidine rings is 1. The van der Waals surface area contributed by atoms with Crippen molar-refractivity contribution in [1.82, 2.24) is 14.9 Å². The van der Waals surface area contributed by atoms with Crippen molar-refractivity contribution in [3.05, 3.63) is 65.7 Å². The van der Waals surface area contributed by atoms with E-state index in [4.69, 9.17) is 4.74 Å². The van der Waals surface area contributed by atoms with Crippen LogP contribution in [0.5, 0.6) is 5.75 Å². The first-order chi connectivity index (χ1) is 16.5. The quantitative estimate of drug-likeness (QED) is 0.685. The van der Waals surface area contributed by atoms with Gasteiger partial charge in [0.25, 0.3) is 11.8 Å². The first-order valence-corrected chi connectivity index (χ1v) is 12.2. The second-order valence-electron chi connectivity index (χ2n) is 9.49. The summed E-state index contributed by atoms with van der Waals surface area (Å²) in [7, 11) is 1.63. The zero-order chi connectivity index (χ0) is 23.7. The van der Waals surface area contributed by atoms with E-state index in [9.17, 15) is 14.4 Å². The van der Waals surface area contributed by atoms with Gasteiger partial charge in [-0.25, -0.2) is 0 Å². The van der Waals surface area contributed by atoms with Crippen LogP contribution in [-0.2, 0) is 15.0 Å². The Balaban J connectivity index is 1.23. The van der Waals surface area contributed by atoms with Crippen LogP contribution in [0.4, 0.5) is 0 Å². The molecule has 0 unspecified atom stereocenters. The molecule has 3 amide bonds. The maximum Gasteiger partial charge on any atom is 0.253 e. The number of hydrogen-bond acceptors (Lipinski definition) is 4. The average Bonchev–Trinajstić information content (AvgIpc) is 3.57. The fraction of sp³-hybridized carbons (Fsp3) is 0.444. The van der Waals surface area contributed by atoms with Crippen LogP contribution in [0, 0.1) is 5.92 Å². The van der Waals surface area contributed by atoms with Gasteiger partial charge in [0, 0.05) is 37.7 Å². The van der Waals surface area contributed by atoms with Crippen LogP contribution in [-0.4, -0.2) is 65.9 Å². The Hall–Kier alpha value is -3.35. The highest BCUT2D eigenvalue weighted by Crippen LogP contribution is 2.50. The van der Waals surface area contributed by atoms with Crippen molar-refractivity contribution in [1.29, 1.82) is 0 Å². The van der Waals surface area contributed by atoms with E-state index in [1.807, 2.05) is 59.5 Å². The summed E-state index contributed by atoms with van der Waals surface area (Å²) >= 11 is 0. The average molecular weight is 462 g/mol. The summed E-state index contributed by atoms with van der Waals surface area (Å²) in [6.07, 6.45) is 3.65. The minimum Gasteiger partial charge on any atom is -0.497 e. The molecule has 0 bridgehead atoms. The first kappa shape index (κ1) is 22.4. The van der Waals surface area contributed by atoms with Gasteiger partial charge in [0.05, 0.1) is 12.5 Å². The second kappa shape index (κ2) is 9.12. The van der Waals surface area contributed by atoms with E-state index < -0.39 is 5.41 Å². The monoisotopic (exact) mass is 461 g/mol. The predicted octanol–water partition coefficient (Wildman–Crippen LogP) is 3.26. The van der Waals surface area contributed by atoms with Gasteiger partial charge in [-0.15, -0.1) is 0 Å². The van der Waals surface area contributed by atoms with Crippen molar-refractivity contribution in [2.24, 2.45) is 5.92 Å². The highest BCUT2D eigenvalue weighted by atomic mass is 16.5. The largest absolute Gasteiger partial charge is 0.497 e. The highest BCUT2D eigenvalue weighted by Gasteiger charge is 2.55. The van der Waals surface area contributed by atoms with E-state index in [-0.39, 0.29) is 23.6 Å². The second-order valence-corrected chi connectivity index (χ2v) is 9.49. The van der Waals surface area contributed by atoms with Crippen molar-refractivity contribution in [2.45, 2.75) is 37.5 Å². The summed E-state index contributed by atoms with van der Waals surface area (Å²) in [5, 5.41) is 3.38. The minimum absolute atomic E-state index is 0.0136. The zero-order valence-corrected chi connectivity index (χ0v) is 19.6. The summed E-state index contributed by atoms with van der Waals surface area (Å²) in [4.78, 5) is 41.6. The van der Waals surface area contributed by atoms with Gasteiger partial charge in [0.2, 0.25) is 5.91 Å². The summed E-state index contributed by atoms with van der Waals surface area (Å²) < 4.78 is 5.25. The molecule has 3 aliphatic rings. The molecular formula is C27H31N3O4. The van der Waals surface area contributed by atoms with Crippen LogP contribution < -0.4 is 4.74 Å². The maximum atomic E-state index is 13.6. The molecule has 3 fully saturated rings. The van der Waals surface area contributed by atoms with Gasteiger partial charge >= 0.3 is 0 Å². The predicted molar refractivity (Wildman–Crippen MR) is 127 cm³/mol. The van der Waals surface area contributed by atoms with E-state index in [1.54, 1.807) is 17.1 Å². The first-order valence-electron chi connectivity index (χ1n) is 12.2. The Kier molecular flexibility index (Phi) is 6.02. The van der Waals surface area contributed by atoms with Crippen LogP contribution in [0.1, 0.15) is 48.0 Å². The molecule has 0 N–H and O–H groups in total. The third-order valence-electron chi connectivity index (χ3n) is 7.47. The number of nitrogens with zero attached hydrogens (tertiary/aromatic N) is 3. The fourth-order valence-corrected chi connectivity index (χ4v) is 5.26. The molecule has 0 spiro atoms. The molecule has 7 heteroatoms. The molecule has 2 aromatic carbocycles. The molecule has 0 atom stereocenters. The third kappa shape index (κ3) is 4.04. The molecule has 0 radical (unpaired) electrons. The number of methoxy groups -OCH3 is 1. The number of ether oxygens (including phenoxy) is 1. The standard InChI is InChI=1S/C27H31N3O4/c1-34-23-10-8-22(9-11-23)27(14-15-27)26(33)30-17-5-16-29(30)25(32)21-12-18-28(19-13-21)24(31)20-6-3-2-4-7-20/h2-4,6-11,21H,5,12-19H2,1H3. The number of hydrazine groups is 1. The van der Waals surface area contributed by atoms with Crippen molar-refractivity contribution >= 4 is 17.7 Å². The number of amides is 3. The van der Waals surface area contributed by atoms with Gasteiger partial charge in [0.1, 0.15) is 5.75 Å². The van der Waals surface area contributed by atoms with Gasteiger partial charge in [0.15, 0.2) is 0 Å². The van der Waals surface area contributed by atoms with Gasteiger partial charge in [-0.1, -0.05) is 30.3 Å². The van der Waals surface area contributed by atoms with Crippen LogP contribution in [0.3, 0.4) is 0 Å². The Bertz CT molecular complexity index is 1060. The number of carbonyl (C=O) groups is 3. The summed E-state index contributed by atoms with van der Waals surface area (Å²) in [6.45, 7) is 2.27. The van der Waals surface area contributed by atoms with Crippen LogP contribution in [0.2, 0.25) is 0 Å².